The molecule has 1 fully saturated rings. The van der Waals surface area contributed by atoms with Crippen LogP contribution in [0.15, 0.2) is 60.7 Å². The van der Waals surface area contributed by atoms with Gasteiger partial charge in [0.15, 0.2) is 0 Å². The molecule has 0 amide bonds. The second kappa shape index (κ2) is 7.11. The van der Waals surface area contributed by atoms with Gasteiger partial charge in [0.2, 0.25) is 0 Å². The largest absolute Gasteiger partial charge is 0.393 e. The van der Waals surface area contributed by atoms with Crippen molar-refractivity contribution in [2.75, 3.05) is 0 Å². The molecule has 1 unspecified atom stereocenters. The minimum Gasteiger partial charge on any atom is -0.393 e. The number of rotatable bonds is 4. The van der Waals surface area contributed by atoms with Crippen molar-refractivity contribution >= 4 is 0 Å². The van der Waals surface area contributed by atoms with E-state index in [1.165, 1.54) is 17.5 Å². The molecular weight excluding hydrogens is 268 g/mol. The summed E-state index contributed by atoms with van der Waals surface area (Å²) in [4.78, 5) is 0. The lowest BCUT2D eigenvalue weighted by Gasteiger charge is -2.33. The topological polar surface area (TPSA) is 20.2 Å². The summed E-state index contributed by atoms with van der Waals surface area (Å²) in [5, 5.41) is 10.1. The first-order chi connectivity index (χ1) is 10.8. The molecule has 0 spiro atoms. The molecule has 116 valence electrons. The molecule has 2 aromatic carbocycles. The summed E-state index contributed by atoms with van der Waals surface area (Å²) < 4.78 is 0. The van der Waals surface area contributed by atoms with E-state index in [9.17, 15) is 5.11 Å². The normalized spacial score (nSPS) is 21.2. The van der Waals surface area contributed by atoms with Crippen LogP contribution >= 0.6 is 0 Å². The van der Waals surface area contributed by atoms with E-state index >= 15 is 0 Å². The van der Waals surface area contributed by atoms with Gasteiger partial charge in [-0.15, -0.1) is 0 Å². The van der Waals surface area contributed by atoms with Crippen molar-refractivity contribution in [3.8, 4) is 0 Å². The summed E-state index contributed by atoms with van der Waals surface area (Å²) in [6.45, 7) is 0. The Morgan fingerprint density at radius 3 is 1.86 bits per heavy atom. The van der Waals surface area contributed by atoms with Crippen LogP contribution in [0, 0.1) is 5.41 Å². The first-order valence-electron chi connectivity index (χ1n) is 8.52. The van der Waals surface area contributed by atoms with Gasteiger partial charge in [0.25, 0.3) is 0 Å². The van der Waals surface area contributed by atoms with E-state index in [-0.39, 0.29) is 6.10 Å². The standard InChI is InChI=1S/C21H26O/c22-20-12-7-14-21(15-13-20,16-18-8-3-1-4-9-18)17-19-10-5-2-6-11-19/h1-6,8-11,20,22H,7,12-17H2. The van der Waals surface area contributed by atoms with Crippen LogP contribution in [0.4, 0.5) is 0 Å². The molecule has 0 bridgehead atoms. The smallest absolute Gasteiger partial charge is 0.0540 e. The van der Waals surface area contributed by atoms with Crippen molar-refractivity contribution in [1.29, 1.82) is 0 Å². The highest BCUT2D eigenvalue weighted by Gasteiger charge is 2.33. The lowest BCUT2D eigenvalue weighted by molar-refractivity contribution is 0.148. The third kappa shape index (κ3) is 3.98. The first-order valence-corrected chi connectivity index (χ1v) is 8.52. The van der Waals surface area contributed by atoms with Gasteiger partial charge in [-0.3, -0.25) is 0 Å². The van der Waals surface area contributed by atoms with Crippen LogP contribution in [-0.4, -0.2) is 11.2 Å². The molecule has 0 aromatic heterocycles. The van der Waals surface area contributed by atoms with E-state index in [0.717, 1.165) is 38.5 Å². The van der Waals surface area contributed by atoms with Crippen LogP contribution in [0.2, 0.25) is 0 Å². The summed E-state index contributed by atoms with van der Waals surface area (Å²) >= 11 is 0. The highest BCUT2D eigenvalue weighted by molar-refractivity contribution is 5.21. The Labute approximate surface area is 134 Å². The zero-order chi connectivity index (χ0) is 15.3. The molecule has 1 N–H and O–H groups in total. The first kappa shape index (κ1) is 15.3. The van der Waals surface area contributed by atoms with Gasteiger partial charge in [0.05, 0.1) is 6.10 Å². The quantitative estimate of drug-likeness (QED) is 0.804. The van der Waals surface area contributed by atoms with E-state index < -0.39 is 0 Å². The number of benzene rings is 2. The molecule has 0 radical (unpaired) electrons. The lowest BCUT2D eigenvalue weighted by Crippen LogP contribution is -2.26. The van der Waals surface area contributed by atoms with E-state index in [1.54, 1.807) is 0 Å². The van der Waals surface area contributed by atoms with Crippen molar-refractivity contribution in [1.82, 2.24) is 0 Å². The van der Waals surface area contributed by atoms with Crippen LogP contribution in [-0.2, 0) is 12.8 Å². The van der Waals surface area contributed by atoms with Crippen LogP contribution in [0.25, 0.3) is 0 Å². The summed E-state index contributed by atoms with van der Waals surface area (Å²) in [7, 11) is 0. The third-order valence-corrected chi connectivity index (χ3v) is 5.10. The van der Waals surface area contributed by atoms with Crippen LogP contribution in [0.5, 0.6) is 0 Å². The Kier molecular flexibility index (Phi) is 4.94. The highest BCUT2D eigenvalue weighted by atomic mass is 16.3. The zero-order valence-corrected chi connectivity index (χ0v) is 13.2. The van der Waals surface area contributed by atoms with Gasteiger partial charge < -0.3 is 5.11 Å². The number of hydrogen-bond acceptors (Lipinski definition) is 1. The molecule has 1 aliphatic carbocycles. The molecule has 0 heterocycles. The molecule has 0 aliphatic heterocycles. The Morgan fingerprint density at radius 2 is 1.32 bits per heavy atom. The van der Waals surface area contributed by atoms with Gasteiger partial charge in [-0.1, -0.05) is 67.1 Å². The maximum Gasteiger partial charge on any atom is 0.0540 e. The van der Waals surface area contributed by atoms with Gasteiger partial charge in [0.1, 0.15) is 0 Å². The monoisotopic (exact) mass is 294 g/mol. The predicted octanol–water partition coefficient (Wildman–Crippen LogP) is 4.78. The van der Waals surface area contributed by atoms with Gasteiger partial charge >= 0.3 is 0 Å². The summed E-state index contributed by atoms with van der Waals surface area (Å²) in [5.74, 6) is 0. The molecule has 3 rings (SSSR count). The van der Waals surface area contributed by atoms with E-state index in [2.05, 4.69) is 60.7 Å². The van der Waals surface area contributed by atoms with Crippen molar-refractivity contribution in [3.63, 3.8) is 0 Å². The predicted molar refractivity (Wildman–Crippen MR) is 91.8 cm³/mol. The highest BCUT2D eigenvalue weighted by Crippen LogP contribution is 2.41. The Hall–Kier alpha value is -1.60. The maximum absolute atomic E-state index is 10.1. The van der Waals surface area contributed by atoms with Crippen molar-refractivity contribution < 1.29 is 5.11 Å². The minimum absolute atomic E-state index is 0.103. The molecule has 1 aliphatic rings. The Bertz CT molecular complexity index is 519. The zero-order valence-electron chi connectivity index (χ0n) is 13.2. The fourth-order valence-electron chi connectivity index (χ4n) is 3.93. The van der Waals surface area contributed by atoms with Crippen LogP contribution in [0.3, 0.4) is 0 Å². The molecule has 0 saturated heterocycles. The lowest BCUT2D eigenvalue weighted by atomic mass is 9.71. The van der Waals surface area contributed by atoms with Crippen LogP contribution in [0.1, 0.15) is 43.2 Å². The van der Waals surface area contributed by atoms with Crippen molar-refractivity contribution in [2.24, 2.45) is 5.41 Å². The van der Waals surface area contributed by atoms with Crippen molar-refractivity contribution in [3.05, 3.63) is 71.8 Å². The number of aliphatic hydroxyl groups excluding tert-OH is 1. The van der Waals surface area contributed by atoms with Crippen LogP contribution < -0.4 is 0 Å². The van der Waals surface area contributed by atoms with Gasteiger partial charge in [-0.25, -0.2) is 0 Å². The maximum atomic E-state index is 10.1. The second-order valence-electron chi connectivity index (χ2n) is 6.91. The molecule has 1 nitrogen and oxygen atoms in total. The van der Waals surface area contributed by atoms with Gasteiger partial charge in [0, 0.05) is 0 Å². The average molecular weight is 294 g/mol. The fraction of sp³-hybridized carbons (Fsp3) is 0.429. The Balaban J connectivity index is 1.84. The van der Waals surface area contributed by atoms with Gasteiger partial charge in [-0.2, -0.15) is 0 Å². The summed E-state index contributed by atoms with van der Waals surface area (Å²) in [6.07, 6.45) is 7.52. The second-order valence-corrected chi connectivity index (χ2v) is 6.91. The SMILES string of the molecule is OC1CCCC(Cc2ccccc2)(Cc2ccccc2)CC1. The molecule has 1 heteroatoms. The van der Waals surface area contributed by atoms with Gasteiger partial charge in [-0.05, 0) is 55.1 Å². The number of hydrogen-bond donors (Lipinski definition) is 1. The molecule has 22 heavy (non-hydrogen) atoms. The molecule has 1 saturated carbocycles. The number of aliphatic hydroxyl groups is 1. The third-order valence-electron chi connectivity index (χ3n) is 5.10. The fourth-order valence-corrected chi connectivity index (χ4v) is 3.93. The molecule has 1 atom stereocenters. The van der Waals surface area contributed by atoms with E-state index in [1.807, 2.05) is 0 Å². The summed E-state index contributed by atoms with van der Waals surface area (Å²) in [6, 6.07) is 21.7. The molecule has 2 aromatic rings. The van der Waals surface area contributed by atoms with E-state index in [0.29, 0.717) is 5.41 Å². The Morgan fingerprint density at radius 1 is 0.773 bits per heavy atom. The minimum atomic E-state index is -0.103. The average Bonchev–Trinajstić information content (AvgIpc) is 2.72. The van der Waals surface area contributed by atoms with E-state index in [4.69, 9.17) is 0 Å². The molecular formula is C21H26O. The van der Waals surface area contributed by atoms with Crippen molar-refractivity contribution in [2.45, 2.75) is 51.0 Å². The summed E-state index contributed by atoms with van der Waals surface area (Å²) in [5.41, 5.74) is 3.14.